The molecule has 2 fully saturated rings. The fraction of sp³-hybridized carbons (Fsp3) is 0.275. The summed E-state index contributed by atoms with van der Waals surface area (Å²) < 4.78 is 12.8. The van der Waals surface area contributed by atoms with Crippen LogP contribution in [0.4, 0.5) is 5.69 Å². The Morgan fingerprint density at radius 1 is 0.960 bits per heavy atom. The van der Waals surface area contributed by atoms with Crippen molar-refractivity contribution in [3.63, 3.8) is 0 Å². The molecule has 3 heterocycles. The third-order valence-corrected chi connectivity index (χ3v) is 10.1. The highest BCUT2D eigenvalue weighted by Gasteiger charge is 2.57. The van der Waals surface area contributed by atoms with Crippen molar-refractivity contribution in [3.8, 4) is 11.5 Å². The average molecular weight is 671 g/mol. The summed E-state index contributed by atoms with van der Waals surface area (Å²) in [6, 6.07) is 25.5. The number of pyridine rings is 1. The second-order valence-electron chi connectivity index (χ2n) is 13.3. The number of fused-ring (bicyclic) bond motifs is 3. The van der Waals surface area contributed by atoms with Crippen LogP contribution >= 0.6 is 0 Å². The first-order valence-electron chi connectivity index (χ1n) is 17.0. The molecule has 50 heavy (non-hydrogen) atoms. The average Bonchev–Trinajstić information content (AvgIpc) is 3.66. The van der Waals surface area contributed by atoms with E-state index in [1.54, 1.807) is 18.3 Å². The molecule has 254 valence electrons. The van der Waals surface area contributed by atoms with Crippen molar-refractivity contribution in [1.82, 2.24) is 4.98 Å². The maximum atomic E-state index is 14.1. The molecule has 4 aromatic rings. The van der Waals surface area contributed by atoms with Gasteiger partial charge in [0.2, 0.25) is 11.8 Å². The molecule has 10 heteroatoms. The smallest absolute Gasteiger partial charge is 0.488 e. The van der Waals surface area contributed by atoms with E-state index < -0.39 is 19.0 Å². The maximum absolute atomic E-state index is 14.1. The molecule has 7 rings (SSSR count). The zero-order valence-corrected chi connectivity index (χ0v) is 28.0. The van der Waals surface area contributed by atoms with E-state index in [-0.39, 0.29) is 41.7 Å². The van der Waals surface area contributed by atoms with Crippen molar-refractivity contribution in [2.75, 3.05) is 18.1 Å². The minimum absolute atomic E-state index is 0.201. The van der Waals surface area contributed by atoms with Gasteiger partial charge in [0.1, 0.15) is 18.1 Å². The van der Waals surface area contributed by atoms with Crippen molar-refractivity contribution in [2.45, 2.75) is 39.2 Å². The summed E-state index contributed by atoms with van der Waals surface area (Å²) in [5, 5.41) is 29.9. The second kappa shape index (κ2) is 14.1. The number of rotatable bonds is 10. The lowest BCUT2D eigenvalue weighted by Crippen LogP contribution is -2.36. The van der Waals surface area contributed by atoms with Gasteiger partial charge < -0.3 is 24.6 Å². The topological polar surface area (TPSA) is 129 Å². The second-order valence-corrected chi connectivity index (χ2v) is 13.3. The number of aromatic hydroxyl groups is 1. The van der Waals surface area contributed by atoms with Gasteiger partial charge in [0.15, 0.2) is 0 Å². The number of amides is 2. The van der Waals surface area contributed by atoms with E-state index in [2.05, 4.69) is 11.1 Å². The van der Waals surface area contributed by atoms with Crippen LogP contribution in [0.1, 0.15) is 41.6 Å². The van der Waals surface area contributed by atoms with E-state index >= 15 is 0 Å². The van der Waals surface area contributed by atoms with Gasteiger partial charge in [0, 0.05) is 12.1 Å². The lowest BCUT2D eigenvalue weighted by molar-refractivity contribution is -0.122. The lowest BCUT2D eigenvalue weighted by atomic mass is 9.69. The standard InChI is InChI=1S/C40H39BN2O7/c1-24-17-26(18-25(2)38(24)44)19-27(34-13-6-7-16-42-34)14-15-35-36-28(22-49-31-11-4-3-5-12-31)20-32-37(33(36)23-50-35)40(46)43(39(32)45)30-10-8-9-29(21-30)41(47)48/h3-13,16-19,21,32-33,35,37,44,47-48H,14-15,20,22-23H2,1-2H3/b27-19-/t32-,33+,35-,37-/m1/s1. The highest BCUT2D eigenvalue weighted by atomic mass is 16.5. The summed E-state index contributed by atoms with van der Waals surface area (Å²) in [5.41, 5.74) is 6.95. The number of aromatic nitrogens is 1. The molecule has 0 bridgehead atoms. The molecule has 0 spiro atoms. The van der Waals surface area contributed by atoms with Gasteiger partial charge in [-0.05, 0) is 127 Å². The van der Waals surface area contributed by atoms with Crippen molar-refractivity contribution in [1.29, 1.82) is 0 Å². The van der Waals surface area contributed by atoms with Gasteiger partial charge in [-0.25, -0.2) is 0 Å². The largest absolute Gasteiger partial charge is 0.507 e. The Labute approximate surface area is 291 Å². The Balaban J connectivity index is 1.21. The summed E-state index contributed by atoms with van der Waals surface area (Å²) >= 11 is 0. The van der Waals surface area contributed by atoms with Crippen molar-refractivity contribution < 1.29 is 34.2 Å². The molecule has 2 amide bonds. The molecule has 3 aliphatic rings. The van der Waals surface area contributed by atoms with Crippen LogP contribution in [0.25, 0.3) is 11.6 Å². The van der Waals surface area contributed by atoms with Gasteiger partial charge >= 0.3 is 7.12 Å². The number of benzene rings is 3. The fourth-order valence-corrected chi connectivity index (χ4v) is 7.76. The molecule has 0 unspecified atom stereocenters. The molecule has 0 saturated carbocycles. The van der Waals surface area contributed by atoms with Crippen LogP contribution in [0.2, 0.25) is 0 Å². The van der Waals surface area contributed by atoms with Gasteiger partial charge in [0.05, 0.1) is 35.9 Å². The monoisotopic (exact) mass is 670 g/mol. The number of hydrogen-bond acceptors (Lipinski definition) is 8. The molecule has 3 N–H and O–H groups in total. The quantitative estimate of drug-likeness (QED) is 0.122. The van der Waals surface area contributed by atoms with Crippen LogP contribution in [-0.2, 0) is 14.3 Å². The number of aryl methyl sites for hydroxylation is 2. The highest BCUT2D eigenvalue weighted by molar-refractivity contribution is 6.58. The summed E-state index contributed by atoms with van der Waals surface area (Å²) in [6.07, 6.45) is 5.20. The number of phenolic OH excluding ortho intramolecular Hbond substituents is 1. The van der Waals surface area contributed by atoms with Gasteiger partial charge in [-0.15, -0.1) is 0 Å². The van der Waals surface area contributed by atoms with E-state index in [1.807, 2.05) is 74.5 Å². The van der Waals surface area contributed by atoms with E-state index in [0.29, 0.717) is 37.3 Å². The number of anilines is 1. The molecule has 4 atom stereocenters. The Kier molecular flexibility index (Phi) is 9.42. The number of hydrogen-bond donors (Lipinski definition) is 3. The third-order valence-electron chi connectivity index (χ3n) is 10.1. The Morgan fingerprint density at radius 2 is 1.72 bits per heavy atom. The van der Waals surface area contributed by atoms with Gasteiger partial charge in [-0.2, -0.15) is 0 Å². The summed E-state index contributed by atoms with van der Waals surface area (Å²) in [4.78, 5) is 34.0. The molecule has 1 aliphatic carbocycles. The van der Waals surface area contributed by atoms with Crippen LogP contribution in [0.5, 0.6) is 11.5 Å². The molecule has 2 aliphatic heterocycles. The third kappa shape index (κ3) is 6.49. The van der Waals surface area contributed by atoms with E-state index in [9.17, 15) is 24.7 Å². The van der Waals surface area contributed by atoms with E-state index in [1.165, 1.54) is 17.0 Å². The van der Waals surface area contributed by atoms with Crippen LogP contribution in [-0.4, -0.2) is 58.4 Å². The molecule has 2 saturated heterocycles. The van der Waals surface area contributed by atoms with Crippen molar-refractivity contribution >= 4 is 41.7 Å². The Bertz CT molecular complexity index is 1960. The molecule has 1 aromatic heterocycles. The molecular weight excluding hydrogens is 631 g/mol. The number of nitrogens with zero attached hydrogens (tertiary/aromatic N) is 2. The number of allylic oxidation sites excluding steroid dienone is 1. The van der Waals surface area contributed by atoms with Crippen LogP contribution in [0, 0.1) is 31.6 Å². The first kappa shape index (κ1) is 33.5. The molecule has 9 nitrogen and oxygen atoms in total. The Hall–Kier alpha value is -5.03. The molecule has 3 aromatic carbocycles. The minimum Gasteiger partial charge on any atom is -0.507 e. The summed E-state index contributed by atoms with van der Waals surface area (Å²) in [6.45, 7) is 4.34. The van der Waals surface area contributed by atoms with E-state index in [4.69, 9.17) is 9.47 Å². The zero-order chi connectivity index (χ0) is 34.9. The van der Waals surface area contributed by atoms with Crippen molar-refractivity contribution in [2.24, 2.45) is 17.8 Å². The number of para-hydroxylation sites is 1. The SMILES string of the molecule is Cc1cc(/C=C(/CC[C@H]2OC[C@H]3C2=C(COc2ccccc2)C[C@H]2C(=O)N(c4cccc(B(O)O)c4)C(=O)[C@H]23)c2ccccn2)cc(C)c1O. The van der Waals surface area contributed by atoms with Gasteiger partial charge in [-0.3, -0.25) is 19.5 Å². The Morgan fingerprint density at radius 3 is 2.44 bits per heavy atom. The summed E-state index contributed by atoms with van der Waals surface area (Å²) in [7, 11) is -1.73. The van der Waals surface area contributed by atoms with Crippen LogP contribution in [0.3, 0.4) is 0 Å². The number of carbonyl (C=O) groups is 2. The normalized spacial score (nSPS) is 21.8. The fourth-order valence-electron chi connectivity index (χ4n) is 7.76. The van der Waals surface area contributed by atoms with Gasteiger partial charge in [-0.1, -0.05) is 36.4 Å². The first-order valence-corrected chi connectivity index (χ1v) is 17.0. The number of phenols is 1. The van der Waals surface area contributed by atoms with Crippen molar-refractivity contribution in [3.05, 3.63) is 125 Å². The molecular formula is C40H39BN2O7. The van der Waals surface area contributed by atoms with Crippen LogP contribution in [0.15, 0.2) is 102 Å². The van der Waals surface area contributed by atoms with Crippen LogP contribution < -0.4 is 15.1 Å². The number of ether oxygens (including phenoxy) is 2. The van der Waals surface area contributed by atoms with E-state index in [0.717, 1.165) is 39.1 Å². The first-order chi connectivity index (χ1) is 24.2. The number of carbonyl (C=O) groups excluding carboxylic acids is 2. The maximum Gasteiger partial charge on any atom is 0.488 e. The van der Waals surface area contributed by atoms with Gasteiger partial charge in [0.25, 0.3) is 0 Å². The summed E-state index contributed by atoms with van der Waals surface area (Å²) in [5.74, 6) is -1.08. The molecule has 0 radical (unpaired) electrons. The predicted molar refractivity (Wildman–Crippen MR) is 191 cm³/mol. The zero-order valence-electron chi connectivity index (χ0n) is 28.0. The minimum atomic E-state index is -1.73. The number of imide groups is 1. The highest BCUT2D eigenvalue weighted by Crippen LogP contribution is 2.50. The lowest BCUT2D eigenvalue weighted by Gasteiger charge is -2.31. The predicted octanol–water partition coefficient (Wildman–Crippen LogP) is 5.00.